The number of carbonyl (C=O) groups excluding carboxylic acids is 2. The fourth-order valence-corrected chi connectivity index (χ4v) is 2.70. The maximum atomic E-state index is 12.4. The van der Waals surface area contributed by atoms with Gasteiger partial charge in [0.25, 0.3) is 11.8 Å². The summed E-state index contributed by atoms with van der Waals surface area (Å²) in [6.45, 7) is 7.98. The number of rotatable bonds is 5. The number of aryl methyl sites for hydroxylation is 2. The third-order valence-electron chi connectivity index (χ3n) is 3.80. The van der Waals surface area contributed by atoms with Gasteiger partial charge in [-0.2, -0.15) is 0 Å². The summed E-state index contributed by atoms with van der Waals surface area (Å²) in [5, 5.41) is 5.85. The minimum atomic E-state index is -0.263. The molecule has 128 valence electrons. The number of anilines is 1. The van der Waals surface area contributed by atoms with Crippen LogP contribution in [0.25, 0.3) is 0 Å². The number of halogens is 1. The number of hydrogen-bond donors (Lipinski definition) is 2. The van der Waals surface area contributed by atoms with E-state index < -0.39 is 0 Å². The molecule has 0 spiro atoms. The highest BCUT2D eigenvalue weighted by molar-refractivity contribution is 6.34. The summed E-state index contributed by atoms with van der Waals surface area (Å²) >= 11 is 6.17. The molecule has 0 aliphatic heterocycles. The molecule has 2 rings (SSSR count). The lowest BCUT2D eigenvalue weighted by Crippen LogP contribution is -2.24. The fraction of sp³-hybridized carbons (Fsp3) is 0.333. The first-order chi connectivity index (χ1) is 11.3. The van der Waals surface area contributed by atoms with Crippen LogP contribution in [0.15, 0.2) is 22.6 Å². The first-order valence-electron chi connectivity index (χ1n) is 7.80. The van der Waals surface area contributed by atoms with Crippen LogP contribution in [0.1, 0.15) is 51.1 Å². The van der Waals surface area contributed by atoms with E-state index in [-0.39, 0.29) is 11.8 Å². The Morgan fingerprint density at radius 1 is 1.12 bits per heavy atom. The molecular formula is C18H21ClN2O3. The van der Waals surface area contributed by atoms with Crippen LogP contribution in [-0.4, -0.2) is 18.4 Å². The van der Waals surface area contributed by atoms with E-state index in [9.17, 15) is 9.59 Å². The first kappa shape index (κ1) is 18.1. The first-order valence-corrected chi connectivity index (χ1v) is 8.18. The zero-order valence-corrected chi connectivity index (χ0v) is 15.0. The van der Waals surface area contributed by atoms with E-state index >= 15 is 0 Å². The molecule has 5 nitrogen and oxygen atoms in total. The van der Waals surface area contributed by atoms with Crippen molar-refractivity contribution in [1.29, 1.82) is 0 Å². The monoisotopic (exact) mass is 348 g/mol. The van der Waals surface area contributed by atoms with Gasteiger partial charge in [0, 0.05) is 17.8 Å². The lowest BCUT2D eigenvalue weighted by atomic mass is 10.1. The quantitative estimate of drug-likeness (QED) is 0.848. The van der Waals surface area contributed by atoms with Gasteiger partial charge in [0.05, 0.1) is 16.1 Å². The Kier molecular flexibility index (Phi) is 5.67. The Labute approximate surface area is 146 Å². The van der Waals surface area contributed by atoms with Gasteiger partial charge in [-0.1, -0.05) is 18.5 Å². The van der Waals surface area contributed by atoms with Crippen LogP contribution in [0.2, 0.25) is 5.02 Å². The van der Waals surface area contributed by atoms with Crippen LogP contribution < -0.4 is 10.6 Å². The van der Waals surface area contributed by atoms with Gasteiger partial charge >= 0.3 is 0 Å². The van der Waals surface area contributed by atoms with Crippen LogP contribution in [0, 0.1) is 20.8 Å². The summed E-state index contributed by atoms with van der Waals surface area (Å²) < 4.78 is 5.48. The van der Waals surface area contributed by atoms with Gasteiger partial charge in [-0.15, -0.1) is 0 Å². The minimum Gasteiger partial charge on any atom is -0.466 e. The second-order valence-corrected chi connectivity index (χ2v) is 6.03. The van der Waals surface area contributed by atoms with Crippen molar-refractivity contribution in [2.24, 2.45) is 0 Å². The number of hydrogen-bond acceptors (Lipinski definition) is 3. The smallest absolute Gasteiger partial charge is 0.259 e. The van der Waals surface area contributed by atoms with E-state index in [1.807, 2.05) is 20.8 Å². The minimum absolute atomic E-state index is 0.225. The normalized spacial score (nSPS) is 10.5. The van der Waals surface area contributed by atoms with E-state index in [1.165, 1.54) is 0 Å². The van der Waals surface area contributed by atoms with Crippen molar-refractivity contribution in [3.05, 3.63) is 51.4 Å². The van der Waals surface area contributed by atoms with E-state index in [0.29, 0.717) is 34.1 Å². The highest BCUT2D eigenvalue weighted by Crippen LogP contribution is 2.24. The maximum Gasteiger partial charge on any atom is 0.259 e. The van der Waals surface area contributed by atoms with Crippen LogP contribution in [-0.2, 0) is 0 Å². The fourth-order valence-electron chi connectivity index (χ4n) is 2.43. The number of amides is 2. The van der Waals surface area contributed by atoms with Gasteiger partial charge in [-0.25, -0.2) is 0 Å². The molecule has 0 bridgehead atoms. The number of furan rings is 1. The predicted molar refractivity (Wildman–Crippen MR) is 94.9 cm³/mol. The molecule has 0 atom stereocenters. The van der Waals surface area contributed by atoms with Crippen molar-refractivity contribution in [3.63, 3.8) is 0 Å². The average Bonchev–Trinajstić information content (AvgIpc) is 2.77. The van der Waals surface area contributed by atoms with Crippen LogP contribution >= 0.6 is 11.6 Å². The zero-order valence-electron chi connectivity index (χ0n) is 14.2. The molecule has 1 aromatic heterocycles. The van der Waals surface area contributed by atoms with Gasteiger partial charge in [0.1, 0.15) is 11.5 Å². The molecule has 1 aromatic carbocycles. The standard InChI is InChI=1S/C18H21ClN2O3/c1-5-8-20-17(22)14-7-6-13(9-15(14)19)21-18(23)16-10(2)11(3)24-12(16)4/h6-7,9H,5,8H2,1-4H3,(H,20,22)(H,21,23). The molecule has 0 fully saturated rings. The van der Waals surface area contributed by atoms with E-state index in [2.05, 4.69) is 10.6 Å². The Morgan fingerprint density at radius 2 is 1.83 bits per heavy atom. The molecular weight excluding hydrogens is 328 g/mol. The summed E-state index contributed by atoms with van der Waals surface area (Å²) in [6, 6.07) is 4.82. The van der Waals surface area contributed by atoms with Crippen molar-refractivity contribution in [3.8, 4) is 0 Å². The predicted octanol–water partition coefficient (Wildman–Crippen LogP) is 4.25. The van der Waals surface area contributed by atoms with Gasteiger partial charge in [-0.3, -0.25) is 9.59 Å². The molecule has 1 heterocycles. The highest BCUT2D eigenvalue weighted by atomic mass is 35.5. The average molecular weight is 349 g/mol. The molecule has 2 amide bonds. The Hall–Kier alpha value is -2.27. The van der Waals surface area contributed by atoms with Gasteiger partial charge in [-0.05, 0) is 45.4 Å². The third kappa shape index (κ3) is 3.79. The SMILES string of the molecule is CCCNC(=O)c1ccc(NC(=O)c2c(C)oc(C)c2C)cc1Cl. The molecule has 2 N–H and O–H groups in total. The summed E-state index contributed by atoms with van der Waals surface area (Å²) in [6.07, 6.45) is 0.848. The summed E-state index contributed by atoms with van der Waals surface area (Å²) in [7, 11) is 0. The second-order valence-electron chi connectivity index (χ2n) is 5.62. The van der Waals surface area contributed by atoms with Crippen LogP contribution in [0.5, 0.6) is 0 Å². The molecule has 2 aromatic rings. The van der Waals surface area contributed by atoms with Gasteiger partial charge in [0.2, 0.25) is 0 Å². The van der Waals surface area contributed by atoms with Crippen LogP contribution in [0.3, 0.4) is 0 Å². The van der Waals surface area contributed by atoms with Crippen molar-refractivity contribution >= 4 is 29.1 Å². The van der Waals surface area contributed by atoms with E-state index in [4.69, 9.17) is 16.0 Å². The van der Waals surface area contributed by atoms with Crippen LogP contribution in [0.4, 0.5) is 5.69 Å². The molecule has 6 heteroatoms. The summed E-state index contributed by atoms with van der Waals surface area (Å²) in [4.78, 5) is 24.4. The largest absolute Gasteiger partial charge is 0.466 e. The molecule has 0 aliphatic rings. The molecule has 0 radical (unpaired) electrons. The summed E-state index contributed by atoms with van der Waals surface area (Å²) in [5.41, 5.74) is 2.24. The lowest BCUT2D eigenvalue weighted by molar-refractivity contribution is 0.0953. The van der Waals surface area contributed by atoms with E-state index in [1.54, 1.807) is 25.1 Å². The number of benzene rings is 1. The molecule has 0 saturated carbocycles. The Morgan fingerprint density at radius 3 is 2.38 bits per heavy atom. The van der Waals surface area contributed by atoms with Crippen molar-refractivity contribution < 1.29 is 14.0 Å². The third-order valence-corrected chi connectivity index (χ3v) is 4.11. The van der Waals surface area contributed by atoms with Crippen molar-refractivity contribution in [2.75, 3.05) is 11.9 Å². The van der Waals surface area contributed by atoms with Crippen molar-refractivity contribution in [1.82, 2.24) is 5.32 Å². The number of carbonyl (C=O) groups is 2. The Balaban J connectivity index is 2.17. The molecule has 0 aliphatic carbocycles. The lowest BCUT2D eigenvalue weighted by Gasteiger charge is -2.09. The summed E-state index contributed by atoms with van der Waals surface area (Å²) in [5.74, 6) is 0.806. The molecule has 24 heavy (non-hydrogen) atoms. The topological polar surface area (TPSA) is 71.3 Å². The van der Waals surface area contributed by atoms with Gasteiger partial charge < -0.3 is 15.1 Å². The van der Waals surface area contributed by atoms with Gasteiger partial charge in [0.15, 0.2) is 0 Å². The maximum absolute atomic E-state index is 12.4. The zero-order chi connectivity index (χ0) is 17.9. The Bertz CT molecular complexity index is 781. The second kappa shape index (κ2) is 7.53. The van der Waals surface area contributed by atoms with E-state index in [0.717, 1.165) is 17.7 Å². The molecule has 0 saturated heterocycles. The highest BCUT2D eigenvalue weighted by Gasteiger charge is 2.19. The van der Waals surface area contributed by atoms with Crippen molar-refractivity contribution in [2.45, 2.75) is 34.1 Å². The number of nitrogens with one attached hydrogen (secondary N) is 2. The molecule has 0 unspecified atom stereocenters.